The van der Waals surface area contributed by atoms with Gasteiger partial charge in [-0.2, -0.15) is 5.26 Å². The van der Waals surface area contributed by atoms with Gasteiger partial charge in [-0.05, 0) is 48.7 Å². The third-order valence-electron chi connectivity index (χ3n) is 3.19. The molecule has 2 aromatic rings. The molecule has 1 atom stereocenters. The molecule has 20 heavy (non-hydrogen) atoms. The average Bonchev–Trinajstić information content (AvgIpc) is 2.48. The van der Waals surface area contributed by atoms with Gasteiger partial charge in [0.2, 0.25) is 0 Å². The van der Waals surface area contributed by atoms with Crippen LogP contribution in [0.15, 0.2) is 48.5 Å². The van der Waals surface area contributed by atoms with Crippen LogP contribution in [-0.2, 0) is 13.0 Å². The van der Waals surface area contributed by atoms with Gasteiger partial charge in [0.1, 0.15) is 0 Å². The van der Waals surface area contributed by atoms with Crippen LogP contribution in [0.1, 0.15) is 23.6 Å². The monoisotopic (exact) mass is 284 g/mol. The number of halogens is 1. The molecule has 102 valence electrons. The van der Waals surface area contributed by atoms with Crippen LogP contribution in [0.3, 0.4) is 0 Å². The first-order valence-electron chi connectivity index (χ1n) is 6.64. The van der Waals surface area contributed by atoms with E-state index in [4.69, 9.17) is 16.9 Å². The minimum absolute atomic E-state index is 0.381. The van der Waals surface area contributed by atoms with E-state index in [0.29, 0.717) is 11.6 Å². The molecule has 0 aromatic heterocycles. The molecule has 1 unspecified atom stereocenters. The van der Waals surface area contributed by atoms with E-state index in [-0.39, 0.29) is 0 Å². The second-order valence-electron chi connectivity index (χ2n) is 4.92. The van der Waals surface area contributed by atoms with Crippen LogP contribution in [0.25, 0.3) is 0 Å². The molecule has 0 amide bonds. The Morgan fingerprint density at radius 2 is 1.65 bits per heavy atom. The zero-order chi connectivity index (χ0) is 14.4. The number of nitriles is 1. The van der Waals surface area contributed by atoms with Gasteiger partial charge in [-0.1, -0.05) is 35.9 Å². The van der Waals surface area contributed by atoms with Crippen LogP contribution in [-0.4, -0.2) is 6.04 Å². The Labute approximate surface area is 125 Å². The molecule has 2 nitrogen and oxygen atoms in total. The van der Waals surface area contributed by atoms with E-state index in [1.807, 2.05) is 36.4 Å². The molecule has 3 heteroatoms. The van der Waals surface area contributed by atoms with Crippen molar-refractivity contribution < 1.29 is 0 Å². The first-order valence-corrected chi connectivity index (χ1v) is 7.02. The number of nitrogens with zero attached hydrogens (tertiary/aromatic N) is 1. The predicted molar refractivity (Wildman–Crippen MR) is 82.6 cm³/mol. The molecule has 0 bridgehead atoms. The molecule has 2 rings (SSSR count). The molecule has 0 fully saturated rings. The highest BCUT2D eigenvalue weighted by molar-refractivity contribution is 6.30. The lowest BCUT2D eigenvalue weighted by molar-refractivity contribution is 0.545. The van der Waals surface area contributed by atoms with E-state index in [9.17, 15) is 0 Å². The molecule has 2 aromatic carbocycles. The standard InChI is InChI=1S/C17H17ClN2/c1-13(10-14-6-8-17(18)9-7-14)20-12-16-4-2-15(11-19)3-5-16/h2-9,13,20H,10,12H2,1H3. The summed E-state index contributed by atoms with van der Waals surface area (Å²) < 4.78 is 0. The van der Waals surface area contributed by atoms with Gasteiger partial charge in [0.15, 0.2) is 0 Å². The second-order valence-corrected chi connectivity index (χ2v) is 5.36. The van der Waals surface area contributed by atoms with Gasteiger partial charge in [0.25, 0.3) is 0 Å². The first-order chi connectivity index (χ1) is 9.67. The smallest absolute Gasteiger partial charge is 0.0991 e. The third kappa shape index (κ3) is 4.38. The first kappa shape index (κ1) is 14.6. The summed E-state index contributed by atoms with van der Waals surface area (Å²) in [6, 6.07) is 18.1. The molecule has 0 aliphatic heterocycles. The van der Waals surface area contributed by atoms with E-state index in [1.165, 1.54) is 11.1 Å². The van der Waals surface area contributed by atoms with Crippen molar-refractivity contribution in [2.24, 2.45) is 0 Å². The maximum atomic E-state index is 8.76. The van der Waals surface area contributed by atoms with Crippen LogP contribution in [0.4, 0.5) is 0 Å². The molecule has 0 aliphatic carbocycles. The fourth-order valence-electron chi connectivity index (χ4n) is 2.04. The Balaban J connectivity index is 1.83. The number of rotatable bonds is 5. The minimum atomic E-state index is 0.381. The number of hydrogen-bond donors (Lipinski definition) is 1. The van der Waals surface area contributed by atoms with E-state index in [0.717, 1.165) is 18.0 Å². The molecular formula is C17H17ClN2. The van der Waals surface area contributed by atoms with E-state index < -0.39 is 0 Å². The maximum Gasteiger partial charge on any atom is 0.0991 e. The van der Waals surface area contributed by atoms with Crippen LogP contribution in [0, 0.1) is 11.3 Å². The normalized spacial score (nSPS) is 11.8. The van der Waals surface area contributed by atoms with Crippen molar-refractivity contribution in [3.8, 4) is 6.07 Å². The summed E-state index contributed by atoms with van der Waals surface area (Å²) in [5.74, 6) is 0. The summed E-state index contributed by atoms with van der Waals surface area (Å²) in [7, 11) is 0. The molecule has 0 saturated carbocycles. The fraction of sp³-hybridized carbons (Fsp3) is 0.235. The van der Waals surface area contributed by atoms with Crippen molar-refractivity contribution in [3.63, 3.8) is 0 Å². The molecule has 0 heterocycles. The lowest BCUT2D eigenvalue weighted by Crippen LogP contribution is -2.27. The molecule has 0 aliphatic rings. The summed E-state index contributed by atoms with van der Waals surface area (Å²) >= 11 is 5.88. The van der Waals surface area contributed by atoms with Crippen molar-refractivity contribution in [1.82, 2.24) is 5.32 Å². The Morgan fingerprint density at radius 1 is 1.05 bits per heavy atom. The number of benzene rings is 2. The lowest BCUT2D eigenvalue weighted by Gasteiger charge is -2.14. The Hall–Kier alpha value is -1.82. The Kier molecular flexibility index (Phi) is 5.17. The fourth-order valence-corrected chi connectivity index (χ4v) is 2.16. The van der Waals surface area contributed by atoms with Crippen molar-refractivity contribution in [2.75, 3.05) is 0 Å². The molecular weight excluding hydrogens is 268 g/mol. The van der Waals surface area contributed by atoms with Gasteiger partial charge in [-0.25, -0.2) is 0 Å². The zero-order valence-corrected chi connectivity index (χ0v) is 12.2. The zero-order valence-electron chi connectivity index (χ0n) is 11.4. The van der Waals surface area contributed by atoms with E-state index in [1.54, 1.807) is 0 Å². The summed E-state index contributed by atoms with van der Waals surface area (Å²) in [5, 5.41) is 13.0. The van der Waals surface area contributed by atoms with Crippen LogP contribution >= 0.6 is 11.6 Å². The maximum absolute atomic E-state index is 8.76. The van der Waals surface area contributed by atoms with E-state index >= 15 is 0 Å². The largest absolute Gasteiger partial charge is 0.310 e. The summed E-state index contributed by atoms with van der Waals surface area (Å²) in [6.45, 7) is 2.97. The Morgan fingerprint density at radius 3 is 2.25 bits per heavy atom. The van der Waals surface area contributed by atoms with Crippen molar-refractivity contribution >= 4 is 11.6 Å². The second kappa shape index (κ2) is 7.09. The molecule has 0 spiro atoms. The molecule has 0 saturated heterocycles. The SMILES string of the molecule is CC(Cc1ccc(Cl)cc1)NCc1ccc(C#N)cc1. The molecule has 1 N–H and O–H groups in total. The Bertz CT molecular complexity index is 582. The van der Waals surface area contributed by atoms with Gasteiger partial charge < -0.3 is 5.32 Å². The third-order valence-corrected chi connectivity index (χ3v) is 3.44. The van der Waals surface area contributed by atoms with Crippen molar-refractivity contribution in [1.29, 1.82) is 5.26 Å². The van der Waals surface area contributed by atoms with Gasteiger partial charge >= 0.3 is 0 Å². The topological polar surface area (TPSA) is 35.8 Å². The lowest BCUT2D eigenvalue weighted by atomic mass is 10.1. The van der Waals surface area contributed by atoms with E-state index in [2.05, 4.69) is 30.4 Å². The highest BCUT2D eigenvalue weighted by atomic mass is 35.5. The van der Waals surface area contributed by atoms with Gasteiger partial charge in [0, 0.05) is 17.6 Å². The predicted octanol–water partition coefficient (Wildman–Crippen LogP) is 3.93. The minimum Gasteiger partial charge on any atom is -0.310 e. The van der Waals surface area contributed by atoms with Crippen LogP contribution in [0.5, 0.6) is 0 Å². The highest BCUT2D eigenvalue weighted by Gasteiger charge is 2.03. The number of nitrogens with one attached hydrogen (secondary N) is 1. The summed E-state index contributed by atoms with van der Waals surface area (Å²) in [6.07, 6.45) is 0.966. The van der Waals surface area contributed by atoms with Gasteiger partial charge in [-0.3, -0.25) is 0 Å². The van der Waals surface area contributed by atoms with Gasteiger partial charge in [0.05, 0.1) is 11.6 Å². The summed E-state index contributed by atoms with van der Waals surface area (Å²) in [4.78, 5) is 0. The van der Waals surface area contributed by atoms with Crippen LogP contribution < -0.4 is 5.32 Å². The van der Waals surface area contributed by atoms with Gasteiger partial charge in [-0.15, -0.1) is 0 Å². The van der Waals surface area contributed by atoms with Crippen molar-refractivity contribution in [2.45, 2.75) is 25.9 Å². The molecule has 0 radical (unpaired) electrons. The quantitative estimate of drug-likeness (QED) is 0.903. The van der Waals surface area contributed by atoms with Crippen LogP contribution in [0.2, 0.25) is 5.02 Å². The summed E-state index contributed by atoms with van der Waals surface area (Å²) in [5.41, 5.74) is 3.16. The number of hydrogen-bond acceptors (Lipinski definition) is 2. The van der Waals surface area contributed by atoms with Crippen molar-refractivity contribution in [3.05, 3.63) is 70.2 Å². The average molecular weight is 285 g/mol. The highest BCUT2D eigenvalue weighted by Crippen LogP contribution is 2.11.